The van der Waals surface area contributed by atoms with E-state index >= 15 is 0 Å². The number of likely N-dealkylation sites (N-methyl/N-ethyl adjacent to an activating group) is 2. The van der Waals surface area contributed by atoms with Gasteiger partial charge in [0.1, 0.15) is 0 Å². The van der Waals surface area contributed by atoms with Crippen LogP contribution >= 0.6 is 0 Å². The fraction of sp³-hybridized carbons (Fsp3) is 1.00. The summed E-state index contributed by atoms with van der Waals surface area (Å²) in [4.78, 5) is 5.78. The van der Waals surface area contributed by atoms with Gasteiger partial charge in [-0.05, 0) is 14.1 Å². The molecule has 0 atom stereocenters. The number of rotatable bonds is 4. The Morgan fingerprint density at radius 3 is 2.19 bits per heavy atom. The van der Waals surface area contributed by atoms with Crippen molar-refractivity contribution < 1.29 is 13.2 Å². The number of hydrogen-bond acceptors (Lipinski definition) is 3. The predicted octanol–water partition coefficient (Wildman–Crippen LogP) is 0.728. The van der Waals surface area contributed by atoms with Gasteiger partial charge in [-0.3, -0.25) is 9.80 Å². The second kappa shape index (κ2) is 5.84. The van der Waals surface area contributed by atoms with Gasteiger partial charge in [-0.25, -0.2) is 0 Å². The fourth-order valence-corrected chi connectivity index (χ4v) is 1.77. The Hall–Kier alpha value is -0.330. The van der Waals surface area contributed by atoms with Crippen LogP contribution in [0.4, 0.5) is 13.2 Å². The van der Waals surface area contributed by atoms with Crippen molar-refractivity contribution in [2.75, 3.05) is 59.9 Å². The lowest BCUT2D eigenvalue weighted by Gasteiger charge is -2.33. The van der Waals surface area contributed by atoms with Crippen LogP contribution in [0.25, 0.3) is 0 Å². The van der Waals surface area contributed by atoms with Crippen LogP contribution in [0.3, 0.4) is 0 Å². The molecule has 0 N–H and O–H groups in total. The maximum Gasteiger partial charge on any atom is 0.401 e. The molecule has 16 heavy (non-hydrogen) atoms. The van der Waals surface area contributed by atoms with Crippen molar-refractivity contribution >= 4 is 0 Å². The van der Waals surface area contributed by atoms with Crippen molar-refractivity contribution in [3.8, 4) is 0 Å². The van der Waals surface area contributed by atoms with E-state index in [0.717, 1.165) is 32.7 Å². The highest BCUT2D eigenvalue weighted by atomic mass is 19.4. The van der Waals surface area contributed by atoms with Gasteiger partial charge in [0.25, 0.3) is 0 Å². The summed E-state index contributed by atoms with van der Waals surface area (Å²) >= 11 is 0. The summed E-state index contributed by atoms with van der Waals surface area (Å²) in [5.41, 5.74) is 0. The zero-order valence-electron chi connectivity index (χ0n) is 9.93. The third kappa shape index (κ3) is 5.67. The topological polar surface area (TPSA) is 9.72 Å². The van der Waals surface area contributed by atoms with Gasteiger partial charge < -0.3 is 4.90 Å². The maximum absolute atomic E-state index is 12.1. The van der Waals surface area contributed by atoms with E-state index in [1.807, 2.05) is 0 Å². The van der Waals surface area contributed by atoms with Crippen LogP contribution < -0.4 is 0 Å². The molecule has 0 radical (unpaired) electrons. The van der Waals surface area contributed by atoms with Crippen LogP contribution in [0.5, 0.6) is 0 Å². The lowest BCUT2D eigenvalue weighted by Crippen LogP contribution is -2.47. The Balaban J connectivity index is 2.14. The Morgan fingerprint density at radius 2 is 1.69 bits per heavy atom. The minimum Gasteiger partial charge on any atom is -0.304 e. The second-order valence-electron chi connectivity index (χ2n) is 4.50. The van der Waals surface area contributed by atoms with Gasteiger partial charge in [-0.2, -0.15) is 13.2 Å². The minimum atomic E-state index is -4.09. The minimum absolute atomic E-state index is 0.475. The summed E-state index contributed by atoms with van der Waals surface area (Å²) in [5, 5.41) is 0. The van der Waals surface area contributed by atoms with E-state index in [1.54, 1.807) is 0 Å². The molecule has 96 valence electrons. The lowest BCUT2D eigenvalue weighted by molar-refractivity contribution is -0.143. The van der Waals surface area contributed by atoms with Gasteiger partial charge in [-0.1, -0.05) is 0 Å². The fourth-order valence-electron chi connectivity index (χ4n) is 1.77. The zero-order valence-corrected chi connectivity index (χ0v) is 9.93. The quantitative estimate of drug-likeness (QED) is 0.716. The smallest absolute Gasteiger partial charge is 0.304 e. The molecule has 0 aliphatic carbocycles. The molecule has 1 aliphatic heterocycles. The third-order valence-electron chi connectivity index (χ3n) is 2.84. The first-order chi connectivity index (χ1) is 7.37. The van der Waals surface area contributed by atoms with Crippen molar-refractivity contribution in [2.24, 2.45) is 0 Å². The summed E-state index contributed by atoms with van der Waals surface area (Å²) in [7, 11) is 3.58. The molecule has 0 aromatic rings. The highest BCUT2D eigenvalue weighted by molar-refractivity contribution is 4.70. The van der Waals surface area contributed by atoms with Gasteiger partial charge in [0.15, 0.2) is 0 Å². The molecule has 1 heterocycles. The number of alkyl halides is 3. The molecule has 1 aliphatic rings. The Kier molecular flexibility index (Phi) is 5.01. The molecule has 0 aromatic heterocycles. The summed E-state index contributed by atoms with van der Waals surface area (Å²) in [6.45, 7) is 4.29. The van der Waals surface area contributed by atoms with Crippen LogP contribution in [0.1, 0.15) is 0 Å². The van der Waals surface area contributed by atoms with Gasteiger partial charge in [-0.15, -0.1) is 0 Å². The molecule has 3 nitrogen and oxygen atoms in total. The zero-order chi connectivity index (χ0) is 12.2. The molecule has 1 rings (SSSR count). The summed E-state index contributed by atoms with van der Waals surface area (Å²) in [6, 6.07) is 0. The van der Waals surface area contributed by atoms with Crippen molar-refractivity contribution in [3.05, 3.63) is 0 Å². The van der Waals surface area contributed by atoms with Crippen molar-refractivity contribution in [2.45, 2.75) is 6.18 Å². The molecule has 0 amide bonds. The van der Waals surface area contributed by atoms with Gasteiger partial charge in [0, 0.05) is 39.3 Å². The molecule has 0 spiro atoms. The molecule has 1 fully saturated rings. The largest absolute Gasteiger partial charge is 0.401 e. The normalized spacial score (nSPS) is 20.6. The predicted molar refractivity (Wildman–Crippen MR) is 57.5 cm³/mol. The van der Waals surface area contributed by atoms with Crippen molar-refractivity contribution in [3.63, 3.8) is 0 Å². The summed E-state index contributed by atoms with van der Waals surface area (Å²) in [5.74, 6) is 0. The highest BCUT2D eigenvalue weighted by Crippen LogP contribution is 2.15. The van der Waals surface area contributed by atoms with E-state index in [-0.39, 0.29) is 0 Å². The monoisotopic (exact) mass is 239 g/mol. The average molecular weight is 239 g/mol. The van der Waals surface area contributed by atoms with E-state index in [2.05, 4.69) is 16.8 Å². The van der Waals surface area contributed by atoms with Crippen LogP contribution in [0.2, 0.25) is 0 Å². The maximum atomic E-state index is 12.1. The Labute approximate surface area is 94.8 Å². The third-order valence-corrected chi connectivity index (χ3v) is 2.84. The number of piperazine rings is 1. The summed E-state index contributed by atoms with van der Waals surface area (Å²) in [6.07, 6.45) is -4.09. The van der Waals surface area contributed by atoms with Gasteiger partial charge >= 0.3 is 6.18 Å². The standard InChI is InChI=1S/C10H20F3N3/c1-14-3-6-16(7-4-14)8-5-15(2)9-10(11,12)13/h3-9H2,1-2H3. The second-order valence-corrected chi connectivity index (χ2v) is 4.50. The highest BCUT2D eigenvalue weighted by Gasteiger charge is 2.29. The molecule has 0 bridgehead atoms. The Morgan fingerprint density at radius 1 is 1.12 bits per heavy atom. The average Bonchev–Trinajstić information content (AvgIpc) is 2.14. The number of halogens is 3. The van der Waals surface area contributed by atoms with Gasteiger partial charge in [0.2, 0.25) is 0 Å². The molecule has 0 saturated carbocycles. The van der Waals surface area contributed by atoms with Crippen molar-refractivity contribution in [1.82, 2.24) is 14.7 Å². The molecular formula is C10H20F3N3. The first kappa shape index (κ1) is 13.7. The molecule has 0 unspecified atom stereocenters. The molecule has 6 heteroatoms. The number of nitrogens with zero attached hydrogens (tertiary/aromatic N) is 3. The van der Waals surface area contributed by atoms with Crippen LogP contribution in [-0.2, 0) is 0 Å². The van der Waals surface area contributed by atoms with Crippen molar-refractivity contribution in [1.29, 1.82) is 0 Å². The van der Waals surface area contributed by atoms with Crippen LogP contribution in [0.15, 0.2) is 0 Å². The van der Waals surface area contributed by atoms with Crippen LogP contribution in [0, 0.1) is 0 Å². The lowest BCUT2D eigenvalue weighted by atomic mass is 10.3. The molecular weight excluding hydrogens is 219 g/mol. The first-order valence-electron chi connectivity index (χ1n) is 5.53. The van der Waals surface area contributed by atoms with E-state index in [1.165, 1.54) is 11.9 Å². The molecule has 0 aromatic carbocycles. The first-order valence-corrected chi connectivity index (χ1v) is 5.53. The van der Waals surface area contributed by atoms with Gasteiger partial charge in [0.05, 0.1) is 6.54 Å². The molecule has 1 saturated heterocycles. The number of hydrogen-bond donors (Lipinski definition) is 0. The van der Waals surface area contributed by atoms with E-state index in [0.29, 0.717) is 6.54 Å². The van der Waals surface area contributed by atoms with E-state index in [9.17, 15) is 13.2 Å². The summed E-state index contributed by atoms with van der Waals surface area (Å²) < 4.78 is 36.2. The van der Waals surface area contributed by atoms with E-state index in [4.69, 9.17) is 0 Å². The van der Waals surface area contributed by atoms with Crippen LogP contribution in [-0.4, -0.2) is 80.8 Å². The van der Waals surface area contributed by atoms with E-state index < -0.39 is 12.7 Å². The SMILES string of the molecule is CN1CCN(CCN(C)CC(F)(F)F)CC1. The Bertz CT molecular complexity index is 200.